The molecule has 1 saturated heterocycles. The SMILES string of the molecule is CC(C)NC1(c2nccs2)CCCSC1. The molecule has 0 saturated carbocycles. The van der Waals surface area contributed by atoms with Crippen molar-refractivity contribution in [1.29, 1.82) is 0 Å². The van der Waals surface area contributed by atoms with E-state index in [0.29, 0.717) is 6.04 Å². The third-order valence-electron chi connectivity index (χ3n) is 2.65. The van der Waals surface area contributed by atoms with Crippen LogP contribution in [0.2, 0.25) is 0 Å². The summed E-state index contributed by atoms with van der Waals surface area (Å²) >= 11 is 3.83. The fraction of sp³-hybridized carbons (Fsp3) is 0.727. The molecule has 2 heterocycles. The van der Waals surface area contributed by atoms with Crippen molar-refractivity contribution in [2.24, 2.45) is 0 Å². The van der Waals surface area contributed by atoms with Gasteiger partial charge in [-0.2, -0.15) is 11.8 Å². The minimum absolute atomic E-state index is 0.144. The van der Waals surface area contributed by atoms with Gasteiger partial charge >= 0.3 is 0 Å². The Hall–Kier alpha value is -0.0600. The summed E-state index contributed by atoms with van der Waals surface area (Å²) in [5.74, 6) is 2.46. The normalized spacial score (nSPS) is 27.1. The average Bonchev–Trinajstić information content (AvgIpc) is 2.71. The van der Waals surface area contributed by atoms with Crippen molar-refractivity contribution in [3.8, 4) is 0 Å². The van der Waals surface area contributed by atoms with Crippen LogP contribution in [0.5, 0.6) is 0 Å². The Morgan fingerprint density at radius 1 is 1.53 bits per heavy atom. The van der Waals surface area contributed by atoms with Crippen LogP contribution in [0.4, 0.5) is 0 Å². The van der Waals surface area contributed by atoms with Crippen LogP contribution in [0, 0.1) is 0 Å². The molecule has 1 aliphatic rings. The summed E-state index contributed by atoms with van der Waals surface area (Å²) in [4.78, 5) is 4.51. The first-order valence-corrected chi connectivity index (χ1v) is 7.52. The summed E-state index contributed by atoms with van der Waals surface area (Å²) in [6.07, 6.45) is 4.44. The maximum atomic E-state index is 4.51. The zero-order valence-electron chi connectivity index (χ0n) is 9.32. The van der Waals surface area contributed by atoms with Crippen molar-refractivity contribution in [2.75, 3.05) is 11.5 Å². The number of thioether (sulfide) groups is 1. The van der Waals surface area contributed by atoms with Gasteiger partial charge in [-0.1, -0.05) is 0 Å². The van der Waals surface area contributed by atoms with Gasteiger partial charge in [0.2, 0.25) is 0 Å². The standard InChI is InChI=1S/C11H18N2S2/c1-9(2)13-11(4-3-6-14-8-11)10-12-5-7-15-10/h5,7,9,13H,3-4,6,8H2,1-2H3. The topological polar surface area (TPSA) is 24.9 Å². The molecule has 1 unspecified atom stereocenters. The quantitative estimate of drug-likeness (QED) is 0.882. The molecule has 1 N–H and O–H groups in total. The lowest BCUT2D eigenvalue weighted by Gasteiger charge is -2.37. The van der Waals surface area contributed by atoms with Crippen molar-refractivity contribution >= 4 is 23.1 Å². The van der Waals surface area contributed by atoms with Gasteiger partial charge < -0.3 is 5.32 Å². The monoisotopic (exact) mass is 242 g/mol. The Balaban J connectivity index is 2.21. The van der Waals surface area contributed by atoms with Gasteiger partial charge in [0.1, 0.15) is 5.01 Å². The Morgan fingerprint density at radius 3 is 2.93 bits per heavy atom. The second-order valence-electron chi connectivity index (χ2n) is 4.37. The van der Waals surface area contributed by atoms with Gasteiger partial charge in [0.25, 0.3) is 0 Å². The van der Waals surface area contributed by atoms with Gasteiger partial charge in [0, 0.05) is 23.4 Å². The van der Waals surface area contributed by atoms with Crippen LogP contribution in [0.25, 0.3) is 0 Å². The maximum Gasteiger partial charge on any atom is 0.113 e. The molecule has 0 radical (unpaired) electrons. The highest BCUT2D eigenvalue weighted by Crippen LogP contribution is 2.36. The predicted octanol–water partition coefficient (Wildman–Crippen LogP) is 2.86. The minimum Gasteiger partial charge on any atom is -0.302 e. The van der Waals surface area contributed by atoms with Crippen LogP contribution in [0.15, 0.2) is 11.6 Å². The van der Waals surface area contributed by atoms with Crippen LogP contribution in [0.3, 0.4) is 0 Å². The molecular formula is C11H18N2S2. The molecule has 0 aromatic carbocycles. The highest BCUT2D eigenvalue weighted by atomic mass is 32.2. The highest BCUT2D eigenvalue weighted by Gasteiger charge is 2.36. The van der Waals surface area contributed by atoms with Crippen molar-refractivity contribution in [2.45, 2.75) is 38.3 Å². The molecule has 2 rings (SSSR count). The zero-order chi connectivity index (χ0) is 10.7. The summed E-state index contributed by atoms with van der Waals surface area (Å²) in [6, 6.07) is 0.521. The summed E-state index contributed by atoms with van der Waals surface area (Å²) in [5.41, 5.74) is 0.144. The molecule has 4 heteroatoms. The molecular weight excluding hydrogens is 224 g/mol. The van der Waals surface area contributed by atoms with E-state index in [1.54, 1.807) is 11.3 Å². The molecule has 0 spiro atoms. The zero-order valence-corrected chi connectivity index (χ0v) is 11.0. The molecule has 0 amide bonds. The van der Waals surface area contributed by atoms with E-state index in [0.717, 1.165) is 0 Å². The molecule has 1 aromatic rings. The summed E-state index contributed by atoms with van der Waals surface area (Å²) < 4.78 is 0. The van der Waals surface area contributed by atoms with Crippen LogP contribution < -0.4 is 5.32 Å². The smallest absolute Gasteiger partial charge is 0.113 e. The van der Waals surface area contributed by atoms with Gasteiger partial charge in [-0.3, -0.25) is 0 Å². The fourth-order valence-corrected chi connectivity index (χ4v) is 4.28. The van der Waals surface area contributed by atoms with Crippen LogP contribution in [0.1, 0.15) is 31.7 Å². The minimum atomic E-state index is 0.144. The number of hydrogen-bond donors (Lipinski definition) is 1. The molecule has 1 aromatic heterocycles. The van der Waals surface area contributed by atoms with E-state index in [9.17, 15) is 0 Å². The Morgan fingerprint density at radius 2 is 2.40 bits per heavy atom. The van der Waals surface area contributed by atoms with Crippen molar-refractivity contribution in [3.63, 3.8) is 0 Å². The third kappa shape index (κ3) is 2.55. The summed E-state index contributed by atoms with van der Waals surface area (Å²) in [6.45, 7) is 4.43. The van der Waals surface area contributed by atoms with Gasteiger partial charge in [0.05, 0.1) is 5.54 Å². The van der Waals surface area contributed by atoms with Gasteiger partial charge in [-0.25, -0.2) is 4.98 Å². The number of hydrogen-bond acceptors (Lipinski definition) is 4. The number of thiazole rings is 1. The van der Waals surface area contributed by atoms with E-state index in [4.69, 9.17) is 0 Å². The molecule has 2 nitrogen and oxygen atoms in total. The number of rotatable bonds is 3. The largest absolute Gasteiger partial charge is 0.302 e. The van der Waals surface area contributed by atoms with Gasteiger partial charge in [-0.15, -0.1) is 11.3 Å². The van der Waals surface area contributed by atoms with Gasteiger partial charge in [0.15, 0.2) is 0 Å². The van der Waals surface area contributed by atoms with Crippen LogP contribution in [-0.2, 0) is 5.54 Å². The maximum absolute atomic E-state index is 4.51. The van der Waals surface area contributed by atoms with Crippen molar-refractivity contribution < 1.29 is 0 Å². The molecule has 0 bridgehead atoms. The highest BCUT2D eigenvalue weighted by molar-refractivity contribution is 7.99. The number of aromatic nitrogens is 1. The Bertz CT molecular complexity index is 290. The lowest BCUT2D eigenvalue weighted by atomic mass is 9.95. The van der Waals surface area contributed by atoms with E-state index < -0.39 is 0 Å². The Kier molecular flexibility index (Phi) is 3.69. The van der Waals surface area contributed by atoms with E-state index in [1.165, 1.54) is 29.4 Å². The lowest BCUT2D eigenvalue weighted by Crippen LogP contribution is -2.49. The predicted molar refractivity (Wildman–Crippen MR) is 68.6 cm³/mol. The number of nitrogens with one attached hydrogen (secondary N) is 1. The number of nitrogens with zero attached hydrogens (tertiary/aromatic N) is 1. The van der Waals surface area contributed by atoms with E-state index in [-0.39, 0.29) is 5.54 Å². The first-order valence-electron chi connectivity index (χ1n) is 5.48. The first-order chi connectivity index (χ1) is 7.23. The summed E-state index contributed by atoms with van der Waals surface area (Å²) in [7, 11) is 0. The molecule has 0 aliphatic carbocycles. The molecule has 1 aliphatic heterocycles. The van der Waals surface area contributed by atoms with E-state index in [1.807, 2.05) is 18.0 Å². The summed E-state index contributed by atoms with van der Waals surface area (Å²) in [5, 5.41) is 7.07. The fourth-order valence-electron chi connectivity index (χ4n) is 2.15. The van der Waals surface area contributed by atoms with Gasteiger partial charge in [-0.05, 0) is 32.4 Å². The first kappa shape index (κ1) is 11.4. The molecule has 1 fully saturated rings. The Labute approximate surface area is 99.9 Å². The average molecular weight is 242 g/mol. The van der Waals surface area contributed by atoms with Crippen molar-refractivity contribution in [3.05, 3.63) is 16.6 Å². The van der Waals surface area contributed by atoms with Crippen LogP contribution >= 0.6 is 23.1 Å². The molecule has 15 heavy (non-hydrogen) atoms. The second-order valence-corrected chi connectivity index (χ2v) is 6.37. The second kappa shape index (κ2) is 4.85. The lowest BCUT2D eigenvalue weighted by molar-refractivity contribution is 0.309. The molecule has 1 atom stereocenters. The van der Waals surface area contributed by atoms with E-state index in [2.05, 4.69) is 29.5 Å². The van der Waals surface area contributed by atoms with Crippen LogP contribution in [-0.4, -0.2) is 22.5 Å². The van der Waals surface area contributed by atoms with Crippen molar-refractivity contribution in [1.82, 2.24) is 10.3 Å². The third-order valence-corrected chi connectivity index (χ3v) is 4.90. The van der Waals surface area contributed by atoms with E-state index >= 15 is 0 Å². The molecule has 84 valence electrons.